The van der Waals surface area contributed by atoms with Crippen LogP contribution in [0.25, 0.3) is 0 Å². The second-order valence-electron chi connectivity index (χ2n) is 5.08. The monoisotopic (exact) mass is 240 g/mol. The van der Waals surface area contributed by atoms with Crippen LogP contribution in [-0.2, 0) is 9.59 Å². The van der Waals surface area contributed by atoms with Crippen molar-refractivity contribution in [2.75, 3.05) is 6.54 Å². The summed E-state index contributed by atoms with van der Waals surface area (Å²) in [6, 6.07) is -0.336. The van der Waals surface area contributed by atoms with Gasteiger partial charge in [0.1, 0.15) is 6.04 Å². The van der Waals surface area contributed by atoms with E-state index in [2.05, 4.69) is 10.6 Å². The Morgan fingerprint density at radius 2 is 2.00 bits per heavy atom. The van der Waals surface area contributed by atoms with E-state index in [-0.39, 0.29) is 24.0 Å². The third kappa shape index (κ3) is 3.43. The first kappa shape index (κ1) is 12.4. The molecule has 2 fully saturated rings. The van der Waals surface area contributed by atoms with E-state index < -0.39 is 0 Å². The standard InChI is InChI=1S/C12H20N2O3/c15-9-3-1-8(2-4-9)7-13-12(17)10-5-6-11(16)14-10/h8-10,15H,1-7H2,(H,13,17)(H,14,16)/t8?,9?,10-/m0/s1. The molecule has 3 N–H and O–H groups in total. The number of amides is 2. The fourth-order valence-electron chi connectivity index (χ4n) is 2.53. The Labute approximate surface area is 101 Å². The Morgan fingerprint density at radius 3 is 2.59 bits per heavy atom. The van der Waals surface area contributed by atoms with Gasteiger partial charge in [-0.15, -0.1) is 0 Å². The van der Waals surface area contributed by atoms with Gasteiger partial charge in [-0.25, -0.2) is 0 Å². The molecule has 1 saturated carbocycles. The molecular weight excluding hydrogens is 220 g/mol. The highest BCUT2D eigenvalue weighted by atomic mass is 16.3. The molecule has 0 spiro atoms. The smallest absolute Gasteiger partial charge is 0.242 e. The third-order valence-corrected chi connectivity index (χ3v) is 3.69. The zero-order valence-corrected chi connectivity index (χ0v) is 9.95. The van der Waals surface area contributed by atoms with Crippen molar-refractivity contribution in [2.24, 2.45) is 5.92 Å². The Hall–Kier alpha value is -1.10. The van der Waals surface area contributed by atoms with Gasteiger partial charge in [0.2, 0.25) is 11.8 Å². The van der Waals surface area contributed by atoms with Crippen LogP contribution in [0, 0.1) is 5.92 Å². The molecule has 2 amide bonds. The third-order valence-electron chi connectivity index (χ3n) is 3.69. The van der Waals surface area contributed by atoms with Crippen molar-refractivity contribution in [1.82, 2.24) is 10.6 Å². The van der Waals surface area contributed by atoms with E-state index in [0.717, 1.165) is 25.7 Å². The highest BCUT2D eigenvalue weighted by molar-refractivity contribution is 5.90. The predicted molar refractivity (Wildman–Crippen MR) is 62.1 cm³/mol. The van der Waals surface area contributed by atoms with Gasteiger partial charge in [-0.05, 0) is 38.0 Å². The minimum atomic E-state index is -0.336. The van der Waals surface area contributed by atoms with E-state index in [9.17, 15) is 14.7 Å². The molecule has 0 unspecified atom stereocenters. The fraction of sp³-hybridized carbons (Fsp3) is 0.833. The fourth-order valence-corrected chi connectivity index (χ4v) is 2.53. The second kappa shape index (κ2) is 5.49. The summed E-state index contributed by atoms with van der Waals surface area (Å²) in [7, 11) is 0. The van der Waals surface area contributed by atoms with E-state index in [0.29, 0.717) is 25.3 Å². The molecule has 5 nitrogen and oxygen atoms in total. The van der Waals surface area contributed by atoms with E-state index >= 15 is 0 Å². The molecule has 96 valence electrons. The molecule has 0 radical (unpaired) electrons. The molecule has 0 aromatic rings. The molecule has 1 heterocycles. The van der Waals surface area contributed by atoms with E-state index in [1.54, 1.807) is 0 Å². The molecule has 0 bridgehead atoms. The first-order chi connectivity index (χ1) is 8.15. The van der Waals surface area contributed by atoms with Crippen molar-refractivity contribution in [3.8, 4) is 0 Å². The highest BCUT2D eigenvalue weighted by Crippen LogP contribution is 2.23. The van der Waals surface area contributed by atoms with Crippen molar-refractivity contribution >= 4 is 11.8 Å². The zero-order chi connectivity index (χ0) is 12.3. The topological polar surface area (TPSA) is 78.4 Å². The van der Waals surface area contributed by atoms with Crippen LogP contribution in [0.15, 0.2) is 0 Å². The first-order valence-electron chi connectivity index (χ1n) is 6.40. The van der Waals surface area contributed by atoms with Gasteiger partial charge in [0, 0.05) is 13.0 Å². The maximum atomic E-state index is 11.7. The van der Waals surface area contributed by atoms with E-state index in [1.165, 1.54) is 0 Å². The SMILES string of the molecule is O=C1CC[C@@H](C(=O)NCC2CCC(O)CC2)N1. The quantitative estimate of drug-likeness (QED) is 0.646. The molecule has 0 aromatic heterocycles. The lowest BCUT2D eigenvalue weighted by Crippen LogP contribution is -2.43. The molecule has 1 saturated heterocycles. The van der Waals surface area contributed by atoms with Crippen LogP contribution in [0.3, 0.4) is 0 Å². The summed E-state index contributed by atoms with van der Waals surface area (Å²) in [4.78, 5) is 22.7. The van der Waals surface area contributed by atoms with E-state index in [4.69, 9.17) is 0 Å². The molecular formula is C12H20N2O3. The van der Waals surface area contributed by atoms with Crippen LogP contribution >= 0.6 is 0 Å². The first-order valence-corrected chi connectivity index (χ1v) is 6.40. The van der Waals surface area contributed by atoms with Gasteiger partial charge in [0.05, 0.1) is 6.10 Å². The van der Waals surface area contributed by atoms with E-state index in [1.807, 2.05) is 0 Å². The normalized spacial score (nSPS) is 33.2. The van der Waals surface area contributed by atoms with Gasteiger partial charge in [-0.3, -0.25) is 9.59 Å². The van der Waals surface area contributed by atoms with Crippen LogP contribution in [0.5, 0.6) is 0 Å². The Morgan fingerprint density at radius 1 is 1.29 bits per heavy atom. The Balaban J connectivity index is 1.67. The number of nitrogens with one attached hydrogen (secondary N) is 2. The summed E-state index contributed by atoms with van der Waals surface area (Å²) in [6.45, 7) is 0.665. The van der Waals surface area contributed by atoms with Gasteiger partial charge in [-0.1, -0.05) is 0 Å². The van der Waals surface area contributed by atoms with Crippen molar-refractivity contribution in [2.45, 2.75) is 50.7 Å². The lowest BCUT2D eigenvalue weighted by molar-refractivity contribution is -0.125. The predicted octanol–water partition coefficient (Wildman–Crippen LogP) is -0.0677. The largest absolute Gasteiger partial charge is 0.393 e. The van der Waals surface area contributed by atoms with Crippen LogP contribution < -0.4 is 10.6 Å². The molecule has 5 heteroatoms. The summed E-state index contributed by atoms with van der Waals surface area (Å²) < 4.78 is 0. The number of aliphatic hydroxyl groups excluding tert-OH is 1. The van der Waals surface area contributed by atoms with Crippen LogP contribution in [0.1, 0.15) is 38.5 Å². The number of carbonyl (C=O) groups excluding carboxylic acids is 2. The maximum Gasteiger partial charge on any atom is 0.242 e. The number of hydrogen-bond donors (Lipinski definition) is 3. The molecule has 2 rings (SSSR count). The van der Waals surface area contributed by atoms with Gasteiger partial charge in [-0.2, -0.15) is 0 Å². The van der Waals surface area contributed by atoms with Gasteiger partial charge in [0.25, 0.3) is 0 Å². The summed E-state index contributed by atoms with van der Waals surface area (Å²) >= 11 is 0. The van der Waals surface area contributed by atoms with Crippen molar-refractivity contribution in [1.29, 1.82) is 0 Å². The molecule has 1 aliphatic carbocycles. The summed E-state index contributed by atoms with van der Waals surface area (Å²) in [5.74, 6) is 0.368. The number of rotatable bonds is 3. The molecule has 1 aliphatic heterocycles. The number of carbonyl (C=O) groups is 2. The van der Waals surface area contributed by atoms with Crippen LogP contribution in [0.2, 0.25) is 0 Å². The number of aliphatic hydroxyl groups is 1. The molecule has 1 atom stereocenters. The van der Waals surface area contributed by atoms with Crippen LogP contribution in [0.4, 0.5) is 0 Å². The minimum Gasteiger partial charge on any atom is -0.393 e. The minimum absolute atomic E-state index is 0.0362. The van der Waals surface area contributed by atoms with Crippen molar-refractivity contribution in [3.05, 3.63) is 0 Å². The lowest BCUT2D eigenvalue weighted by atomic mass is 9.87. The Bertz CT molecular complexity index is 298. The van der Waals surface area contributed by atoms with Crippen LogP contribution in [-0.4, -0.2) is 35.6 Å². The number of hydrogen-bond acceptors (Lipinski definition) is 3. The molecule has 17 heavy (non-hydrogen) atoms. The summed E-state index contributed by atoms with van der Waals surface area (Å²) in [6.07, 6.45) is 4.51. The van der Waals surface area contributed by atoms with Crippen molar-refractivity contribution in [3.63, 3.8) is 0 Å². The average molecular weight is 240 g/mol. The van der Waals surface area contributed by atoms with Gasteiger partial charge in [0.15, 0.2) is 0 Å². The second-order valence-corrected chi connectivity index (χ2v) is 5.08. The Kier molecular flexibility index (Phi) is 3.99. The molecule has 2 aliphatic rings. The lowest BCUT2D eigenvalue weighted by Gasteiger charge is -2.25. The summed E-state index contributed by atoms with van der Waals surface area (Å²) in [5, 5.41) is 14.9. The van der Waals surface area contributed by atoms with Gasteiger partial charge >= 0.3 is 0 Å². The molecule has 0 aromatic carbocycles. The highest BCUT2D eigenvalue weighted by Gasteiger charge is 2.27. The van der Waals surface area contributed by atoms with Crippen molar-refractivity contribution < 1.29 is 14.7 Å². The maximum absolute atomic E-state index is 11.7. The van der Waals surface area contributed by atoms with Gasteiger partial charge < -0.3 is 15.7 Å². The average Bonchev–Trinajstić information content (AvgIpc) is 2.75. The zero-order valence-electron chi connectivity index (χ0n) is 9.95. The summed E-state index contributed by atoms with van der Waals surface area (Å²) in [5.41, 5.74) is 0.